The van der Waals surface area contributed by atoms with E-state index >= 15 is 0 Å². The molecule has 0 fully saturated rings. The first kappa shape index (κ1) is 11.7. The molecule has 0 saturated heterocycles. The van der Waals surface area contributed by atoms with Gasteiger partial charge in [0.1, 0.15) is 5.82 Å². The minimum Gasteiger partial charge on any atom is -0.347 e. The van der Waals surface area contributed by atoms with Crippen molar-refractivity contribution in [3.63, 3.8) is 0 Å². The lowest BCUT2D eigenvalue weighted by molar-refractivity contribution is 0.695. The van der Waals surface area contributed by atoms with Gasteiger partial charge in [-0.05, 0) is 31.0 Å². The smallest absolute Gasteiger partial charge is 0.243 e. The topological polar surface area (TPSA) is 70.9 Å². The summed E-state index contributed by atoms with van der Waals surface area (Å²) in [6.45, 7) is 4.14. The Morgan fingerprint density at radius 3 is 3.11 bits per heavy atom. The lowest BCUT2D eigenvalue weighted by Gasteiger charge is -2.12. The van der Waals surface area contributed by atoms with Crippen LogP contribution in [0, 0.1) is 6.92 Å². The quantitative estimate of drug-likeness (QED) is 0.751. The van der Waals surface area contributed by atoms with Crippen molar-refractivity contribution in [1.29, 1.82) is 0 Å². The van der Waals surface area contributed by atoms with Crippen LogP contribution in [0.15, 0.2) is 30.7 Å². The Morgan fingerprint density at radius 2 is 2.37 bits per heavy atom. The summed E-state index contributed by atoms with van der Waals surface area (Å²) < 4.78 is 1.77. The van der Waals surface area contributed by atoms with Crippen LogP contribution in [0.25, 0.3) is 5.65 Å². The number of imidazole rings is 1. The van der Waals surface area contributed by atoms with E-state index in [1.54, 1.807) is 10.7 Å². The van der Waals surface area contributed by atoms with Crippen LogP contribution in [0.5, 0.6) is 0 Å². The average Bonchev–Trinajstić information content (AvgIpc) is 3.04. The third-order valence-electron chi connectivity index (χ3n) is 3.05. The fraction of sp³-hybridized carbons (Fsp3) is 0.308. The van der Waals surface area contributed by atoms with Gasteiger partial charge in [0.05, 0.1) is 6.04 Å². The van der Waals surface area contributed by atoms with Crippen LogP contribution < -0.4 is 5.32 Å². The summed E-state index contributed by atoms with van der Waals surface area (Å²) in [6.07, 6.45) is 6.39. The Bertz CT molecular complexity index is 670. The second kappa shape index (κ2) is 4.72. The number of aromatic nitrogens is 5. The number of H-pyrrole nitrogens is 1. The third kappa shape index (κ3) is 2.29. The predicted molar refractivity (Wildman–Crippen MR) is 73.0 cm³/mol. The number of hydrogen-bond acceptors (Lipinski definition) is 4. The van der Waals surface area contributed by atoms with Crippen molar-refractivity contribution in [2.75, 3.05) is 5.32 Å². The molecule has 3 rings (SSSR count). The van der Waals surface area contributed by atoms with Gasteiger partial charge >= 0.3 is 0 Å². The average molecular weight is 256 g/mol. The number of anilines is 1. The predicted octanol–water partition coefficient (Wildman–Crippen LogP) is 2.32. The van der Waals surface area contributed by atoms with Crippen LogP contribution in [-0.2, 0) is 0 Å². The first-order valence-corrected chi connectivity index (χ1v) is 6.35. The Balaban J connectivity index is 1.88. The fourth-order valence-corrected chi connectivity index (χ4v) is 2.03. The molecule has 0 aliphatic carbocycles. The lowest BCUT2D eigenvalue weighted by atomic mass is 10.2. The molecule has 3 aromatic heterocycles. The first-order valence-electron chi connectivity index (χ1n) is 6.35. The van der Waals surface area contributed by atoms with Crippen LogP contribution >= 0.6 is 0 Å². The van der Waals surface area contributed by atoms with Gasteiger partial charge in [-0.25, -0.2) is 9.50 Å². The van der Waals surface area contributed by atoms with E-state index in [0.717, 1.165) is 17.9 Å². The van der Waals surface area contributed by atoms with Gasteiger partial charge in [-0.1, -0.05) is 6.92 Å². The van der Waals surface area contributed by atoms with Gasteiger partial charge in [-0.2, -0.15) is 4.98 Å². The van der Waals surface area contributed by atoms with Gasteiger partial charge in [0.25, 0.3) is 0 Å². The highest BCUT2D eigenvalue weighted by Crippen LogP contribution is 2.17. The van der Waals surface area contributed by atoms with Gasteiger partial charge < -0.3 is 10.3 Å². The summed E-state index contributed by atoms with van der Waals surface area (Å²) in [5.41, 5.74) is 2.02. The second-order valence-electron chi connectivity index (χ2n) is 4.52. The maximum Gasteiger partial charge on any atom is 0.243 e. The highest BCUT2D eigenvalue weighted by molar-refractivity contribution is 5.45. The number of pyridine rings is 1. The zero-order valence-electron chi connectivity index (χ0n) is 11.0. The summed E-state index contributed by atoms with van der Waals surface area (Å²) >= 11 is 0. The van der Waals surface area contributed by atoms with Crippen molar-refractivity contribution in [3.05, 3.63) is 42.1 Å². The molecular weight excluding hydrogens is 240 g/mol. The van der Waals surface area contributed by atoms with Gasteiger partial charge in [-0.15, -0.1) is 5.10 Å². The second-order valence-corrected chi connectivity index (χ2v) is 4.52. The van der Waals surface area contributed by atoms with Gasteiger partial charge in [-0.3, -0.25) is 0 Å². The van der Waals surface area contributed by atoms with Crippen LogP contribution in [-0.4, -0.2) is 24.6 Å². The van der Waals surface area contributed by atoms with Crippen molar-refractivity contribution in [3.8, 4) is 0 Å². The molecule has 0 spiro atoms. The molecule has 19 heavy (non-hydrogen) atoms. The SMILES string of the molecule is CCC(Nc1nc2cc(C)ccn2n1)c1ncc[nH]1. The molecule has 98 valence electrons. The molecule has 2 N–H and O–H groups in total. The van der Waals surface area contributed by atoms with E-state index in [4.69, 9.17) is 0 Å². The van der Waals surface area contributed by atoms with Crippen molar-refractivity contribution in [1.82, 2.24) is 24.6 Å². The number of fused-ring (bicyclic) bond motifs is 1. The molecule has 3 heterocycles. The maximum atomic E-state index is 4.47. The minimum absolute atomic E-state index is 0.0912. The summed E-state index contributed by atoms with van der Waals surface area (Å²) in [4.78, 5) is 11.9. The number of aryl methyl sites for hydroxylation is 1. The molecular formula is C13H16N6. The highest BCUT2D eigenvalue weighted by atomic mass is 15.3. The summed E-state index contributed by atoms with van der Waals surface area (Å²) in [6, 6.07) is 4.11. The van der Waals surface area contributed by atoms with E-state index < -0.39 is 0 Å². The number of rotatable bonds is 4. The van der Waals surface area contributed by atoms with E-state index in [-0.39, 0.29) is 6.04 Å². The van der Waals surface area contributed by atoms with E-state index in [9.17, 15) is 0 Å². The summed E-state index contributed by atoms with van der Waals surface area (Å²) in [7, 11) is 0. The lowest BCUT2D eigenvalue weighted by Crippen LogP contribution is -2.12. The van der Waals surface area contributed by atoms with Crippen LogP contribution in [0.3, 0.4) is 0 Å². The van der Waals surface area contributed by atoms with Crippen LogP contribution in [0.1, 0.15) is 30.8 Å². The monoisotopic (exact) mass is 256 g/mol. The third-order valence-corrected chi connectivity index (χ3v) is 3.05. The Morgan fingerprint density at radius 1 is 1.47 bits per heavy atom. The van der Waals surface area contributed by atoms with Crippen molar-refractivity contribution in [2.45, 2.75) is 26.3 Å². The molecule has 1 unspecified atom stereocenters. The molecule has 0 aliphatic rings. The Labute approximate surface area is 110 Å². The zero-order valence-corrected chi connectivity index (χ0v) is 11.0. The van der Waals surface area contributed by atoms with Crippen LogP contribution in [0.4, 0.5) is 5.95 Å². The zero-order chi connectivity index (χ0) is 13.2. The van der Waals surface area contributed by atoms with Crippen molar-refractivity contribution >= 4 is 11.6 Å². The van der Waals surface area contributed by atoms with E-state index in [2.05, 4.69) is 32.3 Å². The van der Waals surface area contributed by atoms with E-state index in [1.165, 1.54) is 5.56 Å². The van der Waals surface area contributed by atoms with Crippen molar-refractivity contribution in [2.24, 2.45) is 0 Å². The largest absolute Gasteiger partial charge is 0.347 e. The number of hydrogen-bond donors (Lipinski definition) is 2. The number of aromatic amines is 1. The van der Waals surface area contributed by atoms with E-state index in [1.807, 2.05) is 31.5 Å². The number of nitrogens with one attached hydrogen (secondary N) is 2. The molecule has 0 bridgehead atoms. The standard InChI is InChI=1S/C13H16N6/c1-3-10(12-14-5-6-15-12)16-13-17-11-8-9(2)4-7-19(11)18-13/h4-8,10H,3H2,1-2H3,(H,14,15)(H,16,18). The van der Waals surface area contributed by atoms with Crippen molar-refractivity contribution < 1.29 is 0 Å². The van der Waals surface area contributed by atoms with Gasteiger partial charge in [0, 0.05) is 18.6 Å². The molecule has 6 nitrogen and oxygen atoms in total. The minimum atomic E-state index is 0.0912. The van der Waals surface area contributed by atoms with E-state index in [0.29, 0.717) is 5.95 Å². The molecule has 0 aromatic carbocycles. The molecule has 0 saturated carbocycles. The normalized spacial score (nSPS) is 12.7. The maximum absolute atomic E-state index is 4.47. The molecule has 0 amide bonds. The molecule has 6 heteroatoms. The van der Waals surface area contributed by atoms with Crippen LogP contribution in [0.2, 0.25) is 0 Å². The fourth-order valence-electron chi connectivity index (χ4n) is 2.03. The summed E-state index contributed by atoms with van der Waals surface area (Å²) in [5, 5.41) is 7.71. The molecule has 0 aliphatic heterocycles. The summed E-state index contributed by atoms with van der Waals surface area (Å²) in [5.74, 6) is 1.52. The highest BCUT2D eigenvalue weighted by Gasteiger charge is 2.14. The molecule has 3 aromatic rings. The Hall–Kier alpha value is -2.37. The van der Waals surface area contributed by atoms with Gasteiger partial charge in [0.15, 0.2) is 5.65 Å². The molecule has 0 radical (unpaired) electrons. The number of nitrogens with zero attached hydrogens (tertiary/aromatic N) is 4. The molecule has 1 atom stereocenters. The Kier molecular flexibility index (Phi) is 2.91. The van der Waals surface area contributed by atoms with Gasteiger partial charge in [0.2, 0.25) is 5.95 Å². The first-order chi connectivity index (χ1) is 9.26.